The zero-order chi connectivity index (χ0) is 14.0. The molecule has 3 rings (SSSR count). The summed E-state index contributed by atoms with van der Waals surface area (Å²) in [6.45, 7) is 2.09. The summed E-state index contributed by atoms with van der Waals surface area (Å²) in [5, 5.41) is 0. The van der Waals surface area contributed by atoms with Gasteiger partial charge in [0, 0.05) is 38.6 Å². The van der Waals surface area contributed by atoms with Crippen LogP contribution in [0, 0.1) is 0 Å². The van der Waals surface area contributed by atoms with E-state index in [1.54, 1.807) is 19.5 Å². The number of hydrogen-bond acceptors (Lipinski definition) is 4. The molecule has 1 unspecified atom stereocenters. The zero-order valence-corrected chi connectivity index (χ0v) is 12.3. The number of rotatable bonds is 5. The van der Waals surface area contributed by atoms with Crippen LogP contribution in [0.4, 0.5) is 0 Å². The minimum Gasteiger partial charge on any atom is -0.378 e. The number of pyridine rings is 1. The molecule has 5 nitrogen and oxygen atoms in total. The molecule has 1 aliphatic heterocycles. The van der Waals surface area contributed by atoms with Crippen molar-refractivity contribution >= 4 is 22.6 Å². The summed E-state index contributed by atoms with van der Waals surface area (Å²) in [6.07, 6.45) is 5.20. The van der Waals surface area contributed by atoms with Gasteiger partial charge in [-0.05, 0) is 6.07 Å². The molecule has 3 heterocycles. The molecule has 0 aromatic carbocycles. The van der Waals surface area contributed by atoms with Crippen molar-refractivity contribution in [2.75, 3.05) is 26.2 Å². The van der Waals surface area contributed by atoms with E-state index in [-0.39, 0.29) is 5.60 Å². The number of ether oxygens (including phenoxy) is 2. The third-order valence-corrected chi connectivity index (χ3v) is 4.08. The van der Waals surface area contributed by atoms with Crippen molar-refractivity contribution < 1.29 is 9.47 Å². The van der Waals surface area contributed by atoms with Crippen LogP contribution < -0.4 is 0 Å². The van der Waals surface area contributed by atoms with Gasteiger partial charge in [-0.2, -0.15) is 0 Å². The topological polar surface area (TPSA) is 49.2 Å². The Kier molecular flexibility index (Phi) is 3.92. The number of alkyl halides is 1. The monoisotopic (exact) mass is 295 g/mol. The molecule has 0 radical (unpaired) electrons. The number of nitrogens with zero attached hydrogens (tertiary/aromatic N) is 3. The molecule has 108 valence electrons. The average molecular weight is 296 g/mol. The molecule has 6 heteroatoms. The number of hydrogen-bond donors (Lipinski definition) is 0. The summed E-state index contributed by atoms with van der Waals surface area (Å²) in [4.78, 5) is 8.76. The van der Waals surface area contributed by atoms with E-state index in [1.807, 2.05) is 6.07 Å². The van der Waals surface area contributed by atoms with Gasteiger partial charge in [-0.15, -0.1) is 11.6 Å². The highest BCUT2D eigenvalue weighted by Crippen LogP contribution is 2.27. The van der Waals surface area contributed by atoms with Gasteiger partial charge in [-0.3, -0.25) is 4.98 Å². The van der Waals surface area contributed by atoms with E-state index in [0.717, 1.165) is 42.9 Å². The molecule has 2 aromatic rings. The minimum absolute atomic E-state index is 0.266. The lowest BCUT2D eigenvalue weighted by molar-refractivity contribution is -0.0292. The fourth-order valence-corrected chi connectivity index (χ4v) is 2.88. The van der Waals surface area contributed by atoms with Gasteiger partial charge < -0.3 is 14.0 Å². The van der Waals surface area contributed by atoms with E-state index in [0.29, 0.717) is 12.5 Å². The third-order valence-electron chi connectivity index (χ3n) is 3.89. The first-order valence-electron chi connectivity index (χ1n) is 6.76. The summed E-state index contributed by atoms with van der Waals surface area (Å²) in [6, 6.07) is 1.99. The molecule has 0 spiro atoms. The van der Waals surface area contributed by atoms with E-state index >= 15 is 0 Å². The van der Waals surface area contributed by atoms with Gasteiger partial charge in [0.25, 0.3) is 0 Å². The van der Waals surface area contributed by atoms with Crippen LogP contribution >= 0.6 is 11.6 Å². The summed E-state index contributed by atoms with van der Waals surface area (Å²) >= 11 is 5.90. The number of fused-ring (bicyclic) bond motifs is 1. The van der Waals surface area contributed by atoms with Crippen molar-refractivity contribution in [3.8, 4) is 0 Å². The Hall–Kier alpha value is -1.17. The molecule has 0 N–H and O–H groups in total. The van der Waals surface area contributed by atoms with E-state index in [4.69, 9.17) is 21.1 Å². The van der Waals surface area contributed by atoms with E-state index < -0.39 is 0 Å². The van der Waals surface area contributed by atoms with Crippen LogP contribution in [0.15, 0.2) is 18.5 Å². The third kappa shape index (κ3) is 2.41. The fourth-order valence-electron chi connectivity index (χ4n) is 2.71. The first-order chi connectivity index (χ1) is 9.78. The molecule has 0 aliphatic carbocycles. The Morgan fingerprint density at radius 1 is 1.55 bits per heavy atom. The van der Waals surface area contributed by atoms with Crippen LogP contribution in [-0.4, -0.2) is 46.3 Å². The van der Waals surface area contributed by atoms with Gasteiger partial charge in [-0.25, -0.2) is 4.98 Å². The van der Waals surface area contributed by atoms with Gasteiger partial charge in [0.2, 0.25) is 0 Å². The van der Waals surface area contributed by atoms with Gasteiger partial charge in [0.05, 0.1) is 24.9 Å². The molecule has 1 fully saturated rings. The van der Waals surface area contributed by atoms with Gasteiger partial charge in [0.1, 0.15) is 16.9 Å². The highest BCUT2D eigenvalue weighted by molar-refractivity contribution is 6.17. The van der Waals surface area contributed by atoms with Crippen molar-refractivity contribution in [1.29, 1.82) is 0 Å². The highest BCUT2D eigenvalue weighted by Gasteiger charge is 2.36. The Morgan fingerprint density at radius 2 is 2.45 bits per heavy atom. The quantitative estimate of drug-likeness (QED) is 0.792. The minimum atomic E-state index is -0.266. The second-order valence-corrected chi connectivity index (χ2v) is 5.49. The molecule has 0 amide bonds. The van der Waals surface area contributed by atoms with Crippen molar-refractivity contribution in [3.63, 3.8) is 0 Å². The molecule has 20 heavy (non-hydrogen) atoms. The lowest BCUT2D eigenvalue weighted by Gasteiger charge is -2.27. The van der Waals surface area contributed by atoms with Crippen LogP contribution in [0.2, 0.25) is 0 Å². The number of aryl methyl sites for hydroxylation is 1. The predicted molar refractivity (Wildman–Crippen MR) is 77.1 cm³/mol. The van der Waals surface area contributed by atoms with Crippen LogP contribution in [0.3, 0.4) is 0 Å². The number of aromatic nitrogens is 3. The fraction of sp³-hybridized carbons (Fsp3) is 0.571. The maximum absolute atomic E-state index is 5.90. The van der Waals surface area contributed by atoms with E-state index in [2.05, 4.69) is 14.5 Å². The average Bonchev–Trinajstić information content (AvgIpc) is 3.07. The molecule has 0 saturated carbocycles. The number of methoxy groups -OCH3 is 1. The Balaban J connectivity index is 2.02. The highest BCUT2D eigenvalue weighted by atomic mass is 35.5. The second-order valence-electron chi connectivity index (χ2n) is 5.11. The smallest absolute Gasteiger partial charge is 0.111 e. The van der Waals surface area contributed by atoms with Gasteiger partial charge in [-0.1, -0.05) is 0 Å². The molecule has 0 bridgehead atoms. The number of halogens is 1. The van der Waals surface area contributed by atoms with Gasteiger partial charge >= 0.3 is 0 Å². The van der Waals surface area contributed by atoms with Crippen LogP contribution in [0.5, 0.6) is 0 Å². The summed E-state index contributed by atoms with van der Waals surface area (Å²) in [5.41, 5.74) is 1.71. The Morgan fingerprint density at radius 3 is 3.15 bits per heavy atom. The predicted octanol–water partition coefficient (Wildman–Crippen LogP) is 2.02. The van der Waals surface area contributed by atoms with Crippen LogP contribution in [0.25, 0.3) is 11.0 Å². The standard InChI is InChI=1S/C14H18ClN3O2/c1-19-14(4-7-20-10-14)9-18-12-3-6-16-8-11(12)17-13(18)2-5-15/h3,6,8H,2,4-5,7,9-10H2,1H3. The lowest BCUT2D eigenvalue weighted by Crippen LogP contribution is -2.37. The van der Waals surface area contributed by atoms with Crippen molar-refractivity contribution in [1.82, 2.24) is 14.5 Å². The molecule has 2 aromatic heterocycles. The van der Waals surface area contributed by atoms with Crippen LogP contribution in [-0.2, 0) is 22.4 Å². The SMILES string of the molecule is COC1(Cn2c(CCCl)nc3cnccc32)CCOC1. The Bertz CT molecular complexity index is 593. The lowest BCUT2D eigenvalue weighted by atomic mass is 10.0. The van der Waals surface area contributed by atoms with E-state index in [9.17, 15) is 0 Å². The molecular formula is C14H18ClN3O2. The van der Waals surface area contributed by atoms with Crippen LogP contribution in [0.1, 0.15) is 12.2 Å². The molecule has 1 atom stereocenters. The Labute approximate surface area is 122 Å². The maximum atomic E-state index is 5.90. The zero-order valence-electron chi connectivity index (χ0n) is 11.5. The first kappa shape index (κ1) is 13.8. The van der Waals surface area contributed by atoms with Crippen molar-refractivity contribution in [2.24, 2.45) is 0 Å². The number of imidazole rings is 1. The normalized spacial score (nSPS) is 22.7. The van der Waals surface area contributed by atoms with Crippen molar-refractivity contribution in [2.45, 2.75) is 25.0 Å². The van der Waals surface area contributed by atoms with E-state index in [1.165, 1.54) is 0 Å². The molecule has 1 saturated heterocycles. The first-order valence-corrected chi connectivity index (χ1v) is 7.29. The molecule has 1 aliphatic rings. The largest absolute Gasteiger partial charge is 0.378 e. The molecular weight excluding hydrogens is 278 g/mol. The van der Waals surface area contributed by atoms with Crippen molar-refractivity contribution in [3.05, 3.63) is 24.3 Å². The summed E-state index contributed by atoms with van der Waals surface area (Å²) in [7, 11) is 1.75. The summed E-state index contributed by atoms with van der Waals surface area (Å²) in [5.74, 6) is 1.53. The summed E-state index contributed by atoms with van der Waals surface area (Å²) < 4.78 is 13.4. The maximum Gasteiger partial charge on any atom is 0.111 e. The second kappa shape index (κ2) is 5.68. The van der Waals surface area contributed by atoms with Gasteiger partial charge in [0.15, 0.2) is 0 Å².